The zero-order chi connectivity index (χ0) is 80.4. The first-order valence-electron chi connectivity index (χ1n) is 41.3. The van der Waals surface area contributed by atoms with Gasteiger partial charge in [0.25, 0.3) is 0 Å². The Morgan fingerprint density at radius 3 is 0.783 bits per heavy atom. The second-order valence-electron chi connectivity index (χ2n) is 32.4. The molecule has 0 saturated heterocycles. The van der Waals surface area contributed by atoms with E-state index in [1.165, 1.54) is 66.8 Å². The fraction of sp³-hybridized carbons (Fsp3) is 0.0526. The van der Waals surface area contributed by atoms with Crippen LogP contribution in [0.15, 0.2) is 446 Å². The highest BCUT2D eigenvalue weighted by atomic mass is 16.3. The lowest BCUT2D eigenvalue weighted by Gasteiger charge is -2.28. The minimum atomic E-state index is -0.100. The second-order valence-corrected chi connectivity index (χ2v) is 32.4. The van der Waals surface area contributed by atoms with Crippen LogP contribution in [0.3, 0.4) is 0 Å². The molecular formula is C114H84N4O2. The van der Waals surface area contributed by atoms with Crippen LogP contribution in [0, 0.1) is 0 Å². The normalized spacial score (nSPS) is 12.6. The first-order valence-corrected chi connectivity index (χ1v) is 41.3. The van der Waals surface area contributed by atoms with Gasteiger partial charge in [-0.25, -0.2) is 0 Å². The lowest BCUT2D eigenvalue weighted by molar-refractivity contribution is 0.660. The molecule has 2 aliphatic carbocycles. The highest BCUT2D eigenvalue weighted by Gasteiger charge is 2.38. The summed E-state index contributed by atoms with van der Waals surface area (Å²) in [6.45, 7) is 9.39. The first kappa shape index (κ1) is 72.5. The van der Waals surface area contributed by atoms with Crippen LogP contribution in [0.4, 0.5) is 68.2 Å². The first-order chi connectivity index (χ1) is 59.0. The second kappa shape index (κ2) is 30.1. The average Bonchev–Trinajstić information content (AvgIpc) is 1.58. The number of benzene rings is 18. The van der Waals surface area contributed by atoms with Gasteiger partial charge in [0.2, 0.25) is 0 Å². The maximum Gasteiger partial charge on any atom is 0.137 e. The van der Waals surface area contributed by atoms with Crippen molar-refractivity contribution in [3.05, 3.63) is 459 Å². The molecule has 0 unspecified atom stereocenters. The van der Waals surface area contributed by atoms with E-state index in [4.69, 9.17) is 8.83 Å². The number of nitrogens with zero attached hydrogens (tertiary/aromatic N) is 4. The highest BCUT2D eigenvalue weighted by molar-refractivity contribution is 6.08. The quantitative estimate of drug-likeness (QED) is 0.0960. The molecule has 6 heteroatoms. The third-order valence-electron chi connectivity index (χ3n) is 24.6. The van der Waals surface area contributed by atoms with Crippen LogP contribution in [-0.4, -0.2) is 0 Å². The molecule has 20 aromatic rings. The summed E-state index contributed by atoms with van der Waals surface area (Å²) in [6.07, 6.45) is 0. The van der Waals surface area contributed by atoms with Gasteiger partial charge in [-0.15, -0.1) is 0 Å². The van der Waals surface area contributed by atoms with E-state index in [9.17, 15) is 0 Å². The monoisotopic (exact) mass is 1540 g/mol. The van der Waals surface area contributed by atoms with Gasteiger partial charge in [0, 0.05) is 107 Å². The summed E-state index contributed by atoms with van der Waals surface area (Å²) in [6, 6.07) is 157. The van der Waals surface area contributed by atoms with Crippen LogP contribution in [-0.2, 0) is 10.8 Å². The minimum absolute atomic E-state index is 0.0999. The van der Waals surface area contributed by atoms with Gasteiger partial charge in [-0.3, -0.25) is 0 Å². The van der Waals surface area contributed by atoms with Crippen LogP contribution in [0.1, 0.15) is 49.9 Å². The average molecular weight is 1540 g/mol. The van der Waals surface area contributed by atoms with Gasteiger partial charge < -0.3 is 28.4 Å². The molecule has 0 atom stereocenters. The third kappa shape index (κ3) is 13.1. The predicted molar refractivity (Wildman–Crippen MR) is 503 cm³/mol. The molecule has 2 aliphatic rings. The molecule has 0 amide bonds. The number of fused-ring (bicyclic) bond motifs is 12. The molecule has 6 nitrogen and oxygen atoms in total. The summed E-state index contributed by atoms with van der Waals surface area (Å²) in [5.74, 6) is 0. The van der Waals surface area contributed by atoms with E-state index < -0.39 is 0 Å². The Morgan fingerprint density at radius 2 is 0.400 bits per heavy atom. The number of hydrogen-bond acceptors (Lipinski definition) is 6. The van der Waals surface area contributed by atoms with Crippen molar-refractivity contribution in [3.8, 4) is 66.8 Å². The molecule has 572 valence electrons. The Bertz CT molecular complexity index is 7160. The van der Waals surface area contributed by atoms with Crippen molar-refractivity contribution in [2.75, 3.05) is 19.6 Å². The highest BCUT2D eigenvalue weighted by Crippen LogP contribution is 2.54. The Hall–Kier alpha value is -15.2. The maximum atomic E-state index is 6.31. The van der Waals surface area contributed by atoms with E-state index in [1.54, 1.807) is 0 Å². The van der Waals surface area contributed by atoms with Gasteiger partial charge >= 0.3 is 0 Å². The Kier molecular flexibility index (Phi) is 18.2. The summed E-state index contributed by atoms with van der Waals surface area (Å²) in [7, 11) is 0. The molecule has 2 heterocycles. The number of rotatable bonds is 16. The summed E-state index contributed by atoms with van der Waals surface area (Å²) >= 11 is 0. The van der Waals surface area contributed by atoms with Crippen LogP contribution < -0.4 is 19.6 Å². The van der Waals surface area contributed by atoms with Gasteiger partial charge in [-0.05, 0) is 253 Å². The molecule has 0 radical (unpaired) electrons. The number of para-hydroxylation sites is 4. The van der Waals surface area contributed by atoms with Crippen molar-refractivity contribution < 1.29 is 8.83 Å². The van der Waals surface area contributed by atoms with Crippen molar-refractivity contribution >= 4 is 112 Å². The van der Waals surface area contributed by atoms with Crippen LogP contribution in [0.5, 0.6) is 0 Å². The molecule has 0 spiro atoms. The number of furan rings is 2. The zero-order valence-electron chi connectivity index (χ0n) is 67.2. The van der Waals surface area contributed by atoms with Crippen molar-refractivity contribution in [1.29, 1.82) is 0 Å². The van der Waals surface area contributed by atoms with E-state index in [0.717, 1.165) is 134 Å². The van der Waals surface area contributed by atoms with Crippen LogP contribution in [0.2, 0.25) is 0 Å². The molecule has 22 rings (SSSR count). The Balaban J connectivity index is 0.000000148. The van der Waals surface area contributed by atoms with E-state index >= 15 is 0 Å². The summed E-state index contributed by atoms with van der Waals surface area (Å²) < 4.78 is 12.5. The Morgan fingerprint density at radius 1 is 0.158 bits per heavy atom. The zero-order valence-corrected chi connectivity index (χ0v) is 67.2. The molecule has 0 fully saturated rings. The van der Waals surface area contributed by atoms with E-state index in [2.05, 4.69) is 460 Å². The maximum absolute atomic E-state index is 6.31. The molecule has 18 aromatic carbocycles. The van der Waals surface area contributed by atoms with Gasteiger partial charge in [-0.2, -0.15) is 0 Å². The van der Waals surface area contributed by atoms with Crippen molar-refractivity contribution in [1.82, 2.24) is 0 Å². The molecule has 120 heavy (non-hydrogen) atoms. The van der Waals surface area contributed by atoms with Gasteiger partial charge in [0.1, 0.15) is 22.3 Å². The lowest BCUT2D eigenvalue weighted by Crippen LogP contribution is -2.16. The SMILES string of the molecule is CC1(C)c2ccccc2-c2ccc(N(c3ccc(-c4ccccc4)cc3)c3ccc(-c4ccc(N(c5ccccc5)c5ccc6c(c5)oc5ccccc56)cc4)cc3)cc21.CC1(C)c2ccccc2-c2ccc(N(c3ccc(-c4ccccc4)cc3)c3ccc(-c4ccc(N(c5ccccc5)c5ccc6oc7ccccc7c6c5)cc4)cc3)cc21. The van der Waals surface area contributed by atoms with Crippen LogP contribution in [0.25, 0.3) is 111 Å². The van der Waals surface area contributed by atoms with Gasteiger partial charge in [0.05, 0.1) is 0 Å². The summed E-state index contributed by atoms with van der Waals surface area (Å²) in [5.41, 5.74) is 36.8. The Labute approximate surface area is 700 Å². The molecule has 0 saturated carbocycles. The van der Waals surface area contributed by atoms with E-state index in [-0.39, 0.29) is 10.8 Å². The topological polar surface area (TPSA) is 39.2 Å². The lowest BCUT2D eigenvalue weighted by atomic mass is 9.82. The fourth-order valence-corrected chi connectivity index (χ4v) is 18.4. The molecule has 0 bridgehead atoms. The van der Waals surface area contributed by atoms with Crippen molar-refractivity contribution in [3.63, 3.8) is 0 Å². The summed E-state index contributed by atoms with van der Waals surface area (Å²) in [4.78, 5) is 9.37. The smallest absolute Gasteiger partial charge is 0.137 e. The minimum Gasteiger partial charge on any atom is -0.456 e. The fourth-order valence-electron chi connectivity index (χ4n) is 18.4. The molecule has 2 aromatic heterocycles. The van der Waals surface area contributed by atoms with Gasteiger partial charge in [-0.1, -0.05) is 295 Å². The van der Waals surface area contributed by atoms with E-state index in [1.807, 2.05) is 24.3 Å². The van der Waals surface area contributed by atoms with Crippen LogP contribution >= 0.6 is 0 Å². The summed E-state index contributed by atoms with van der Waals surface area (Å²) in [5, 5.41) is 4.48. The molecular weight excluding hydrogens is 1460 g/mol. The van der Waals surface area contributed by atoms with Crippen molar-refractivity contribution in [2.24, 2.45) is 0 Å². The number of hydrogen-bond donors (Lipinski definition) is 0. The van der Waals surface area contributed by atoms with E-state index in [0.29, 0.717) is 0 Å². The van der Waals surface area contributed by atoms with Gasteiger partial charge in [0.15, 0.2) is 0 Å². The predicted octanol–water partition coefficient (Wildman–Crippen LogP) is 32.3. The molecule has 0 aliphatic heterocycles. The third-order valence-corrected chi connectivity index (χ3v) is 24.6. The standard InChI is InChI=1S/2C57H42N2O/c1-57(2)53-19-11-9-17-49(53)50-35-33-48(38-54(50)57)59(45-27-21-40(22-28-45)39-13-5-3-6-14-39)46-31-25-42(26-32-46)41-23-29-44(30-24-41)58(43-15-7-4-8-16-43)47-34-36-56-52(37-47)51-18-10-12-20-55(51)60-56;1-57(2)53-19-11-9-17-49(53)50-35-33-47(37-54(50)57)59(45-27-21-40(22-28-45)39-13-5-3-6-14-39)46-31-25-42(26-32-46)41-23-29-44(30-24-41)58(43-15-7-4-8-16-43)48-34-36-52-51-18-10-12-20-55(51)60-56(52)38-48/h2*3-38H,1-2H3. The molecule has 0 N–H and O–H groups in total. The van der Waals surface area contributed by atoms with Crippen molar-refractivity contribution in [2.45, 2.75) is 38.5 Å². The number of anilines is 12. The largest absolute Gasteiger partial charge is 0.456 e.